The third-order valence-electron chi connectivity index (χ3n) is 1.21. The molecule has 0 amide bonds. The number of rotatable bonds is 3. The van der Waals surface area contributed by atoms with Crippen LogP contribution in [0.2, 0.25) is 5.02 Å². The molecule has 0 bridgehead atoms. The van der Waals surface area contributed by atoms with Crippen LogP contribution in [-0.4, -0.2) is 11.6 Å². The van der Waals surface area contributed by atoms with Gasteiger partial charge in [-0.3, -0.25) is 4.84 Å². The van der Waals surface area contributed by atoms with Gasteiger partial charge in [0.1, 0.15) is 6.61 Å². The number of anilines is 2. The van der Waals surface area contributed by atoms with Crippen molar-refractivity contribution >= 4 is 23.1 Å². The molecule has 4 nitrogen and oxygen atoms in total. The Hall–Kier alpha value is -1.44. The van der Waals surface area contributed by atoms with Crippen molar-refractivity contribution in [1.82, 2.24) is 4.98 Å². The van der Waals surface area contributed by atoms with Gasteiger partial charge in [0.2, 0.25) is 0 Å². The van der Waals surface area contributed by atoms with E-state index in [0.29, 0.717) is 16.5 Å². The molecule has 0 saturated carbocycles. The third-order valence-corrected chi connectivity index (χ3v) is 1.41. The molecule has 1 aromatic rings. The summed E-state index contributed by atoms with van der Waals surface area (Å²) in [5.41, 5.74) is 8.47. The van der Waals surface area contributed by atoms with E-state index in [-0.39, 0.29) is 6.61 Å². The second-order valence-corrected chi connectivity index (χ2v) is 2.62. The first-order chi connectivity index (χ1) is 6.24. The maximum atomic E-state index is 5.63. The SMILES string of the molecule is C#CCONc1ncc(Cl)cc1N. The number of aromatic nitrogens is 1. The molecule has 13 heavy (non-hydrogen) atoms. The predicted molar refractivity (Wildman–Crippen MR) is 52.1 cm³/mol. The van der Waals surface area contributed by atoms with E-state index in [1.165, 1.54) is 6.20 Å². The van der Waals surface area contributed by atoms with Crippen LogP contribution in [0.25, 0.3) is 0 Å². The number of hydrogen-bond acceptors (Lipinski definition) is 4. The minimum absolute atomic E-state index is 0.143. The van der Waals surface area contributed by atoms with Crippen molar-refractivity contribution in [2.24, 2.45) is 0 Å². The molecular weight excluding hydrogens is 190 g/mol. The summed E-state index contributed by atoms with van der Waals surface area (Å²) in [5.74, 6) is 2.69. The lowest BCUT2D eigenvalue weighted by Crippen LogP contribution is -2.05. The predicted octanol–water partition coefficient (Wildman–Crippen LogP) is 1.29. The quantitative estimate of drug-likeness (QED) is 0.436. The molecule has 0 aliphatic carbocycles. The zero-order valence-electron chi connectivity index (χ0n) is 6.75. The Kier molecular flexibility index (Phi) is 3.38. The van der Waals surface area contributed by atoms with E-state index in [0.717, 1.165) is 0 Å². The Morgan fingerprint density at radius 3 is 3.15 bits per heavy atom. The summed E-state index contributed by atoms with van der Waals surface area (Å²) in [4.78, 5) is 8.71. The molecule has 0 aromatic carbocycles. The number of halogens is 1. The smallest absolute Gasteiger partial charge is 0.173 e. The first-order valence-corrected chi connectivity index (χ1v) is 3.84. The number of hydrogen-bond donors (Lipinski definition) is 2. The molecule has 68 valence electrons. The molecule has 0 unspecified atom stereocenters. The van der Waals surface area contributed by atoms with Crippen LogP contribution in [0.3, 0.4) is 0 Å². The standard InChI is InChI=1S/C8H8ClN3O/c1-2-3-13-12-8-7(10)4-6(9)5-11-8/h1,4-5H,3,10H2,(H,11,12). The maximum absolute atomic E-state index is 5.63. The van der Waals surface area contributed by atoms with Gasteiger partial charge < -0.3 is 5.73 Å². The van der Waals surface area contributed by atoms with Crippen LogP contribution in [0.15, 0.2) is 12.3 Å². The molecule has 5 heteroatoms. The van der Waals surface area contributed by atoms with Gasteiger partial charge in [-0.25, -0.2) is 10.5 Å². The van der Waals surface area contributed by atoms with Crippen LogP contribution < -0.4 is 11.2 Å². The fraction of sp³-hybridized carbons (Fsp3) is 0.125. The summed E-state index contributed by atoms with van der Waals surface area (Å²) in [6.45, 7) is 0.143. The van der Waals surface area contributed by atoms with Crippen molar-refractivity contribution in [2.45, 2.75) is 0 Å². The average molecular weight is 198 g/mol. The molecule has 0 radical (unpaired) electrons. The van der Waals surface area contributed by atoms with Crippen LogP contribution in [0, 0.1) is 12.3 Å². The van der Waals surface area contributed by atoms with Crippen LogP contribution in [0.5, 0.6) is 0 Å². The highest BCUT2D eigenvalue weighted by Gasteiger charge is 1.99. The number of nitrogens with zero attached hydrogens (tertiary/aromatic N) is 1. The van der Waals surface area contributed by atoms with Gasteiger partial charge in [-0.1, -0.05) is 17.5 Å². The van der Waals surface area contributed by atoms with E-state index in [2.05, 4.69) is 16.4 Å². The van der Waals surface area contributed by atoms with Crippen molar-refractivity contribution in [3.05, 3.63) is 17.3 Å². The van der Waals surface area contributed by atoms with Gasteiger partial charge in [-0.05, 0) is 6.07 Å². The molecule has 0 spiro atoms. The van der Waals surface area contributed by atoms with Crippen LogP contribution >= 0.6 is 11.6 Å². The monoisotopic (exact) mass is 197 g/mol. The Balaban J connectivity index is 2.62. The van der Waals surface area contributed by atoms with Crippen molar-refractivity contribution in [3.8, 4) is 12.3 Å². The Morgan fingerprint density at radius 1 is 1.77 bits per heavy atom. The highest BCUT2D eigenvalue weighted by molar-refractivity contribution is 6.30. The highest BCUT2D eigenvalue weighted by Crippen LogP contribution is 2.18. The van der Waals surface area contributed by atoms with Crippen LogP contribution in [0.1, 0.15) is 0 Å². The zero-order valence-corrected chi connectivity index (χ0v) is 7.51. The molecule has 0 aliphatic heterocycles. The first-order valence-electron chi connectivity index (χ1n) is 3.46. The van der Waals surface area contributed by atoms with Gasteiger partial charge in [0.25, 0.3) is 0 Å². The summed E-state index contributed by atoms with van der Waals surface area (Å²) < 4.78 is 0. The fourth-order valence-electron chi connectivity index (χ4n) is 0.686. The summed E-state index contributed by atoms with van der Waals surface area (Å²) in [6, 6.07) is 1.57. The molecule has 1 heterocycles. The lowest BCUT2D eigenvalue weighted by Gasteiger charge is -2.05. The second-order valence-electron chi connectivity index (χ2n) is 2.19. The summed E-state index contributed by atoms with van der Waals surface area (Å²) in [6.07, 6.45) is 6.42. The number of pyridine rings is 1. The third kappa shape index (κ3) is 2.82. The van der Waals surface area contributed by atoms with Crippen molar-refractivity contribution in [1.29, 1.82) is 0 Å². The van der Waals surface area contributed by atoms with Gasteiger partial charge in [0, 0.05) is 6.20 Å². The lowest BCUT2D eigenvalue weighted by atomic mass is 10.4. The van der Waals surface area contributed by atoms with E-state index in [1.54, 1.807) is 6.07 Å². The second kappa shape index (κ2) is 4.55. The highest BCUT2D eigenvalue weighted by atomic mass is 35.5. The van der Waals surface area contributed by atoms with Crippen molar-refractivity contribution in [3.63, 3.8) is 0 Å². The zero-order chi connectivity index (χ0) is 9.68. The molecule has 1 rings (SSSR count). The van der Waals surface area contributed by atoms with Crippen LogP contribution in [0.4, 0.5) is 11.5 Å². The van der Waals surface area contributed by atoms with E-state index in [4.69, 9.17) is 28.6 Å². The molecule has 1 aromatic heterocycles. The number of nitrogen functional groups attached to an aromatic ring is 1. The summed E-state index contributed by atoms with van der Waals surface area (Å²) in [7, 11) is 0. The molecular formula is C8H8ClN3O. The molecule has 0 fully saturated rings. The largest absolute Gasteiger partial charge is 0.396 e. The van der Waals surface area contributed by atoms with Gasteiger partial charge >= 0.3 is 0 Å². The Labute approximate surface area is 81.0 Å². The Morgan fingerprint density at radius 2 is 2.54 bits per heavy atom. The normalized spacial score (nSPS) is 9.23. The maximum Gasteiger partial charge on any atom is 0.173 e. The van der Waals surface area contributed by atoms with E-state index < -0.39 is 0 Å². The van der Waals surface area contributed by atoms with Crippen molar-refractivity contribution in [2.75, 3.05) is 17.8 Å². The molecule has 0 saturated heterocycles. The molecule has 0 aliphatic rings. The number of nitrogens with two attached hydrogens (primary N) is 1. The molecule has 0 atom stereocenters. The van der Waals surface area contributed by atoms with Crippen LogP contribution in [-0.2, 0) is 4.84 Å². The average Bonchev–Trinajstić information content (AvgIpc) is 2.09. The number of nitrogens with one attached hydrogen (secondary N) is 1. The lowest BCUT2D eigenvalue weighted by molar-refractivity contribution is 0.233. The van der Waals surface area contributed by atoms with E-state index >= 15 is 0 Å². The number of terminal acetylenes is 1. The summed E-state index contributed by atoms with van der Waals surface area (Å²) in [5, 5.41) is 0.472. The van der Waals surface area contributed by atoms with Gasteiger partial charge in [0.15, 0.2) is 5.82 Å². The molecule has 3 N–H and O–H groups in total. The fourth-order valence-corrected chi connectivity index (χ4v) is 0.853. The topological polar surface area (TPSA) is 60.2 Å². The minimum atomic E-state index is 0.143. The first kappa shape index (κ1) is 9.65. The summed E-state index contributed by atoms with van der Waals surface area (Å²) >= 11 is 5.63. The van der Waals surface area contributed by atoms with Gasteiger partial charge in [-0.15, -0.1) is 6.42 Å². The van der Waals surface area contributed by atoms with Crippen molar-refractivity contribution < 1.29 is 4.84 Å². The van der Waals surface area contributed by atoms with E-state index in [9.17, 15) is 0 Å². The van der Waals surface area contributed by atoms with Gasteiger partial charge in [-0.2, -0.15) is 0 Å². The minimum Gasteiger partial charge on any atom is -0.396 e. The van der Waals surface area contributed by atoms with E-state index in [1.807, 2.05) is 0 Å². The Bertz CT molecular complexity index is 335. The van der Waals surface area contributed by atoms with Gasteiger partial charge in [0.05, 0.1) is 10.7 Å².